The maximum atomic E-state index is 11.8. The standard InChI is InChI=1S/C15H27NO4/c1-6-8-9-10-16(15(18)19-7-2)11-13(5)20-14(17)12(3)4/h13H,3,6-11H2,1-2,4-5H3. The van der Waals surface area contributed by atoms with Crippen molar-refractivity contribution in [3.63, 3.8) is 0 Å². The lowest BCUT2D eigenvalue weighted by Gasteiger charge is -2.25. The molecule has 0 aromatic carbocycles. The van der Waals surface area contributed by atoms with Gasteiger partial charge in [0.25, 0.3) is 0 Å². The Bertz CT molecular complexity index is 328. The SMILES string of the molecule is C=C(C)C(=O)OC(C)CN(CCCCC)C(=O)OCC. The summed E-state index contributed by atoms with van der Waals surface area (Å²) in [6, 6.07) is 0. The Kier molecular flexibility index (Phi) is 9.51. The Hall–Kier alpha value is -1.52. The number of carbonyl (C=O) groups is 2. The quantitative estimate of drug-likeness (QED) is 0.371. The summed E-state index contributed by atoms with van der Waals surface area (Å²) in [6.45, 7) is 12.0. The third-order valence-corrected chi connectivity index (χ3v) is 2.69. The van der Waals surface area contributed by atoms with E-state index < -0.39 is 5.97 Å². The predicted octanol–water partition coefficient (Wildman–Crippen LogP) is 3.14. The van der Waals surface area contributed by atoms with Gasteiger partial charge in [0.2, 0.25) is 0 Å². The molecule has 0 aliphatic heterocycles. The number of hydrogen-bond acceptors (Lipinski definition) is 4. The third kappa shape index (κ3) is 7.81. The minimum Gasteiger partial charge on any atom is -0.457 e. The zero-order chi connectivity index (χ0) is 15.5. The van der Waals surface area contributed by atoms with Gasteiger partial charge in [0.05, 0.1) is 13.2 Å². The van der Waals surface area contributed by atoms with Crippen LogP contribution >= 0.6 is 0 Å². The highest BCUT2D eigenvalue weighted by Crippen LogP contribution is 2.06. The van der Waals surface area contributed by atoms with E-state index in [-0.39, 0.29) is 12.2 Å². The number of hydrogen-bond donors (Lipinski definition) is 0. The lowest BCUT2D eigenvalue weighted by Crippen LogP contribution is -2.39. The molecule has 1 unspecified atom stereocenters. The van der Waals surface area contributed by atoms with Gasteiger partial charge < -0.3 is 14.4 Å². The summed E-state index contributed by atoms with van der Waals surface area (Å²) in [5, 5.41) is 0. The number of carbonyl (C=O) groups excluding carboxylic acids is 2. The number of esters is 1. The van der Waals surface area contributed by atoms with Gasteiger partial charge in [-0.15, -0.1) is 0 Å². The third-order valence-electron chi connectivity index (χ3n) is 2.69. The molecule has 0 saturated heterocycles. The summed E-state index contributed by atoms with van der Waals surface area (Å²) in [5.41, 5.74) is 0.352. The first-order chi connectivity index (χ1) is 9.42. The van der Waals surface area contributed by atoms with E-state index in [0.717, 1.165) is 19.3 Å². The molecule has 5 nitrogen and oxygen atoms in total. The topological polar surface area (TPSA) is 55.8 Å². The van der Waals surface area contributed by atoms with Gasteiger partial charge in [-0.3, -0.25) is 0 Å². The monoisotopic (exact) mass is 285 g/mol. The molecule has 20 heavy (non-hydrogen) atoms. The highest BCUT2D eigenvalue weighted by molar-refractivity contribution is 5.87. The number of ether oxygens (including phenoxy) is 2. The van der Waals surface area contributed by atoms with E-state index >= 15 is 0 Å². The van der Waals surface area contributed by atoms with Crippen molar-refractivity contribution in [2.45, 2.75) is 53.1 Å². The molecule has 0 aliphatic rings. The van der Waals surface area contributed by atoms with E-state index in [1.54, 1.807) is 25.7 Å². The van der Waals surface area contributed by atoms with Crippen LogP contribution < -0.4 is 0 Å². The molecule has 5 heteroatoms. The fourth-order valence-corrected chi connectivity index (χ4v) is 1.66. The van der Waals surface area contributed by atoms with Crippen molar-refractivity contribution < 1.29 is 19.1 Å². The van der Waals surface area contributed by atoms with Gasteiger partial charge in [-0.1, -0.05) is 26.3 Å². The molecule has 0 radical (unpaired) electrons. The minimum absolute atomic E-state index is 0.335. The Morgan fingerprint density at radius 2 is 1.90 bits per heavy atom. The molecular formula is C15H27NO4. The first kappa shape index (κ1) is 18.5. The number of amides is 1. The van der Waals surface area contributed by atoms with Crippen molar-refractivity contribution in [3.8, 4) is 0 Å². The first-order valence-electron chi connectivity index (χ1n) is 7.20. The van der Waals surface area contributed by atoms with E-state index in [4.69, 9.17) is 9.47 Å². The maximum Gasteiger partial charge on any atom is 0.409 e. The molecular weight excluding hydrogens is 258 g/mol. The molecule has 0 aromatic heterocycles. The van der Waals surface area contributed by atoms with Crippen LogP contribution in [-0.2, 0) is 14.3 Å². The number of nitrogens with zero attached hydrogens (tertiary/aromatic N) is 1. The lowest BCUT2D eigenvalue weighted by molar-refractivity contribution is -0.144. The predicted molar refractivity (Wildman–Crippen MR) is 78.5 cm³/mol. The van der Waals surface area contributed by atoms with Gasteiger partial charge in [-0.25, -0.2) is 9.59 Å². The lowest BCUT2D eigenvalue weighted by atomic mass is 10.2. The summed E-state index contributed by atoms with van der Waals surface area (Å²) in [4.78, 5) is 24.9. The Labute approximate surface area is 121 Å². The summed E-state index contributed by atoms with van der Waals surface area (Å²) in [6.07, 6.45) is 2.30. The van der Waals surface area contributed by atoms with E-state index in [1.807, 2.05) is 0 Å². The van der Waals surface area contributed by atoms with Crippen molar-refractivity contribution in [3.05, 3.63) is 12.2 Å². The smallest absolute Gasteiger partial charge is 0.409 e. The molecule has 0 spiro atoms. The number of rotatable bonds is 9. The fraction of sp³-hybridized carbons (Fsp3) is 0.733. The first-order valence-corrected chi connectivity index (χ1v) is 7.20. The van der Waals surface area contributed by atoms with Gasteiger partial charge in [-0.05, 0) is 27.2 Å². The summed E-state index contributed by atoms with van der Waals surface area (Å²) in [5.74, 6) is -0.435. The van der Waals surface area contributed by atoms with Crippen LogP contribution in [0.25, 0.3) is 0 Å². The second-order valence-electron chi connectivity index (χ2n) is 4.85. The molecule has 1 atom stereocenters. The van der Waals surface area contributed by atoms with E-state index in [1.165, 1.54) is 0 Å². The van der Waals surface area contributed by atoms with Crippen molar-refractivity contribution >= 4 is 12.1 Å². The molecule has 0 aliphatic carbocycles. The molecule has 0 heterocycles. The second kappa shape index (κ2) is 10.3. The van der Waals surface area contributed by atoms with Gasteiger partial charge in [0.1, 0.15) is 6.10 Å². The van der Waals surface area contributed by atoms with Crippen molar-refractivity contribution in [2.75, 3.05) is 19.7 Å². The molecule has 0 N–H and O–H groups in total. The van der Waals surface area contributed by atoms with E-state index in [2.05, 4.69) is 13.5 Å². The molecule has 1 amide bonds. The molecule has 116 valence electrons. The van der Waals surface area contributed by atoms with Gasteiger partial charge in [0.15, 0.2) is 0 Å². The Morgan fingerprint density at radius 3 is 2.40 bits per heavy atom. The van der Waals surface area contributed by atoms with Crippen LogP contribution in [0.5, 0.6) is 0 Å². The second-order valence-corrected chi connectivity index (χ2v) is 4.85. The molecule has 0 rings (SSSR count). The van der Waals surface area contributed by atoms with Crippen LogP contribution in [0.15, 0.2) is 12.2 Å². The zero-order valence-electron chi connectivity index (χ0n) is 13.1. The summed E-state index contributed by atoms with van der Waals surface area (Å²) in [7, 11) is 0. The molecule has 0 saturated carbocycles. The highest BCUT2D eigenvalue weighted by atomic mass is 16.6. The van der Waals surface area contributed by atoms with Crippen molar-refractivity contribution in [2.24, 2.45) is 0 Å². The zero-order valence-corrected chi connectivity index (χ0v) is 13.1. The van der Waals surface area contributed by atoms with E-state index in [0.29, 0.717) is 25.3 Å². The summed E-state index contributed by atoms with van der Waals surface area (Å²) >= 11 is 0. The maximum absolute atomic E-state index is 11.8. The van der Waals surface area contributed by atoms with E-state index in [9.17, 15) is 9.59 Å². The van der Waals surface area contributed by atoms with Gasteiger partial charge >= 0.3 is 12.1 Å². The fourth-order valence-electron chi connectivity index (χ4n) is 1.66. The van der Waals surface area contributed by atoms with Crippen LogP contribution in [0.4, 0.5) is 4.79 Å². The molecule has 0 aromatic rings. The Balaban J connectivity index is 4.41. The average molecular weight is 285 g/mol. The summed E-state index contributed by atoms with van der Waals surface area (Å²) < 4.78 is 10.2. The van der Waals surface area contributed by atoms with Crippen LogP contribution in [0.2, 0.25) is 0 Å². The van der Waals surface area contributed by atoms with Crippen LogP contribution in [-0.4, -0.2) is 42.8 Å². The van der Waals surface area contributed by atoms with Crippen molar-refractivity contribution in [1.82, 2.24) is 4.90 Å². The van der Waals surface area contributed by atoms with Crippen LogP contribution in [0.3, 0.4) is 0 Å². The highest BCUT2D eigenvalue weighted by Gasteiger charge is 2.19. The van der Waals surface area contributed by atoms with Crippen molar-refractivity contribution in [1.29, 1.82) is 0 Å². The number of unbranched alkanes of at least 4 members (excludes halogenated alkanes) is 2. The van der Waals surface area contributed by atoms with Crippen LogP contribution in [0, 0.1) is 0 Å². The van der Waals surface area contributed by atoms with Gasteiger partial charge in [0, 0.05) is 12.1 Å². The average Bonchev–Trinajstić information content (AvgIpc) is 2.37. The molecule has 0 fully saturated rings. The minimum atomic E-state index is -0.435. The Morgan fingerprint density at radius 1 is 1.25 bits per heavy atom. The molecule has 0 bridgehead atoms. The van der Waals surface area contributed by atoms with Gasteiger partial charge in [-0.2, -0.15) is 0 Å². The van der Waals surface area contributed by atoms with Crippen LogP contribution in [0.1, 0.15) is 47.0 Å². The largest absolute Gasteiger partial charge is 0.457 e. The normalized spacial score (nSPS) is 11.6.